The number of carbonyl (C=O) groups is 2. The molecule has 0 saturated heterocycles. The lowest BCUT2D eigenvalue weighted by molar-refractivity contribution is -0.127. The molecule has 0 radical (unpaired) electrons. The van der Waals surface area contributed by atoms with Crippen molar-refractivity contribution in [2.75, 3.05) is 0 Å². The second kappa shape index (κ2) is 2.93. The standard InChI is InChI=1S/C4H7N3O2/c1-7-4(9)2(5)3(6)8/h2H,1,5H2,(H2,6,8). The van der Waals surface area contributed by atoms with Gasteiger partial charge in [-0.25, -0.2) is 4.99 Å². The lowest BCUT2D eigenvalue weighted by Gasteiger charge is -1.98. The normalized spacial score (nSPS) is 12.1. The Hall–Kier alpha value is -1.23. The Kier molecular flexibility index (Phi) is 2.53. The van der Waals surface area contributed by atoms with Gasteiger partial charge in [0, 0.05) is 0 Å². The molecule has 0 spiro atoms. The summed E-state index contributed by atoms with van der Waals surface area (Å²) in [4.78, 5) is 23.3. The SMILES string of the molecule is C=NC(=O)C(N)C(N)=O. The summed E-state index contributed by atoms with van der Waals surface area (Å²) in [5, 5.41) is 0. The highest BCUT2D eigenvalue weighted by molar-refractivity contribution is 6.04. The summed E-state index contributed by atoms with van der Waals surface area (Å²) in [6.45, 7) is 2.88. The number of nitrogens with zero attached hydrogens (tertiary/aromatic N) is 1. The molecule has 50 valence electrons. The van der Waals surface area contributed by atoms with Gasteiger partial charge in [-0.15, -0.1) is 0 Å². The maximum Gasteiger partial charge on any atom is 0.271 e. The molecule has 1 unspecified atom stereocenters. The fourth-order valence-corrected chi connectivity index (χ4v) is 0.220. The van der Waals surface area contributed by atoms with Crippen LogP contribution in [0.3, 0.4) is 0 Å². The van der Waals surface area contributed by atoms with Gasteiger partial charge < -0.3 is 11.5 Å². The summed E-state index contributed by atoms with van der Waals surface area (Å²) in [5.41, 5.74) is 9.55. The van der Waals surface area contributed by atoms with Crippen LogP contribution in [0.2, 0.25) is 0 Å². The molecule has 0 bridgehead atoms. The van der Waals surface area contributed by atoms with Crippen LogP contribution >= 0.6 is 0 Å². The number of rotatable bonds is 2. The molecule has 1 atom stereocenters. The third kappa shape index (κ3) is 2.00. The molecule has 0 aromatic carbocycles. The van der Waals surface area contributed by atoms with E-state index in [1.165, 1.54) is 0 Å². The molecule has 0 saturated carbocycles. The van der Waals surface area contributed by atoms with Gasteiger partial charge in [-0.2, -0.15) is 0 Å². The highest BCUT2D eigenvalue weighted by Crippen LogP contribution is 1.79. The molecule has 2 amide bonds. The number of carbonyl (C=O) groups excluding carboxylic acids is 2. The maximum atomic E-state index is 10.3. The molecule has 0 aliphatic carbocycles. The van der Waals surface area contributed by atoms with E-state index in [9.17, 15) is 9.59 Å². The van der Waals surface area contributed by atoms with Crippen LogP contribution in [0.1, 0.15) is 0 Å². The summed E-state index contributed by atoms with van der Waals surface area (Å²) in [6.07, 6.45) is 0. The molecule has 0 rings (SSSR count). The molecule has 5 nitrogen and oxygen atoms in total. The van der Waals surface area contributed by atoms with Crippen molar-refractivity contribution in [3.05, 3.63) is 0 Å². The zero-order valence-electron chi connectivity index (χ0n) is 4.70. The van der Waals surface area contributed by atoms with E-state index in [1.807, 2.05) is 0 Å². The van der Waals surface area contributed by atoms with E-state index in [4.69, 9.17) is 5.73 Å². The number of nitrogens with two attached hydrogens (primary N) is 2. The second-order valence-electron chi connectivity index (χ2n) is 1.38. The molecular formula is C4H7N3O2. The first-order valence-electron chi connectivity index (χ1n) is 2.15. The largest absolute Gasteiger partial charge is 0.368 e. The predicted molar refractivity (Wildman–Crippen MR) is 31.7 cm³/mol. The van der Waals surface area contributed by atoms with E-state index in [-0.39, 0.29) is 0 Å². The molecule has 9 heavy (non-hydrogen) atoms. The molecule has 0 aromatic rings. The molecule has 0 fully saturated rings. The fraction of sp³-hybridized carbons (Fsp3) is 0.250. The average molecular weight is 129 g/mol. The summed E-state index contributed by atoms with van der Waals surface area (Å²) in [5.74, 6) is -1.70. The Bertz CT molecular complexity index is 154. The van der Waals surface area contributed by atoms with Gasteiger partial charge in [0.1, 0.15) is 0 Å². The molecule has 0 aliphatic rings. The lowest BCUT2D eigenvalue weighted by Crippen LogP contribution is -2.42. The van der Waals surface area contributed by atoms with Gasteiger partial charge in [0.05, 0.1) is 0 Å². The van der Waals surface area contributed by atoms with Crippen molar-refractivity contribution in [1.82, 2.24) is 0 Å². The predicted octanol–water partition coefficient (Wildman–Crippen LogP) is -1.97. The number of aliphatic imine (C=N–C) groups is 1. The first kappa shape index (κ1) is 7.77. The molecule has 0 heterocycles. The molecular weight excluding hydrogens is 122 g/mol. The Morgan fingerprint density at radius 1 is 1.56 bits per heavy atom. The van der Waals surface area contributed by atoms with Crippen LogP contribution < -0.4 is 11.5 Å². The summed E-state index contributed by atoms with van der Waals surface area (Å²) < 4.78 is 0. The third-order valence-electron chi connectivity index (χ3n) is 0.728. The Morgan fingerprint density at radius 3 is 2.11 bits per heavy atom. The van der Waals surface area contributed by atoms with Gasteiger partial charge in [0.15, 0.2) is 6.04 Å². The zero-order valence-corrected chi connectivity index (χ0v) is 4.70. The van der Waals surface area contributed by atoms with Gasteiger partial charge in [0.2, 0.25) is 5.91 Å². The smallest absolute Gasteiger partial charge is 0.271 e. The maximum absolute atomic E-state index is 10.3. The highest BCUT2D eigenvalue weighted by atomic mass is 16.2. The van der Waals surface area contributed by atoms with Crippen molar-refractivity contribution in [1.29, 1.82) is 0 Å². The zero-order chi connectivity index (χ0) is 7.44. The van der Waals surface area contributed by atoms with Crippen molar-refractivity contribution < 1.29 is 9.59 Å². The highest BCUT2D eigenvalue weighted by Gasteiger charge is 2.16. The Morgan fingerprint density at radius 2 is 2.00 bits per heavy atom. The van der Waals surface area contributed by atoms with Crippen LogP contribution in [0.25, 0.3) is 0 Å². The molecule has 4 N–H and O–H groups in total. The van der Waals surface area contributed by atoms with Crippen molar-refractivity contribution in [3.8, 4) is 0 Å². The summed E-state index contributed by atoms with van der Waals surface area (Å²) >= 11 is 0. The molecule has 5 heteroatoms. The van der Waals surface area contributed by atoms with Gasteiger partial charge in [-0.1, -0.05) is 0 Å². The van der Waals surface area contributed by atoms with Gasteiger partial charge in [0.25, 0.3) is 5.91 Å². The van der Waals surface area contributed by atoms with E-state index < -0.39 is 17.9 Å². The van der Waals surface area contributed by atoms with E-state index >= 15 is 0 Å². The lowest BCUT2D eigenvalue weighted by atomic mass is 10.3. The van der Waals surface area contributed by atoms with E-state index in [1.54, 1.807) is 0 Å². The van der Waals surface area contributed by atoms with Gasteiger partial charge in [-0.05, 0) is 6.72 Å². The summed E-state index contributed by atoms with van der Waals surface area (Å²) in [6, 6.07) is -1.34. The number of amides is 2. The topological polar surface area (TPSA) is 98.5 Å². The number of primary amides is 1. The quantitative estimate of drug-likeness (QED) is 0.334. The third-order valence-corrected chi connectivity index (χ3v) is 0.728. The fourth-order valence-electron chi connectivity index (χ4n) is 0.220. The Labute approximate surface area is 51.7 Å². The first-order chi connectivity index (χ1) is 4.09. The number of hydrogen-bond donors (Lipinski definition) is 2. The van der Waals surface area contributed by atoms with Crippen LogP contribution in [0.15, 0.2) is 4.99 Å². The second-order valence-corrected chi connectivity index (χ2v) is 1.38. The molecule has 0 aromatic heterocycles. The van der Waals surface area contributed by atoms with Crippen molar-refractivity contribution in [2.45, 2.75) is 6.04 Å². The monoisotopic (exact) mass is 129 g/mol. The van der Waals surface area contributed by atoms with Crippen LogP contribution in [-0.2, 0) is 9.59 Å². The van der Waals surface area contributed by atoms with E-state index in [0.717, 1.165) is 0 Å². The van der Waals surface area contributed by atoms with Crippen molar-refractivity contribution in [3.63, 3.8) is 0 Å². The molecule has 0 aliphatic heterocycles. The minimum absolute atomic E-state index is 0.803. The van der Waals surface area contributed by atoms with Crippen molar-refractivity contribution >= 4 is 18.5 Å². The minimum Gasteiger partial charge on any atom is -0.368 e. The first-order valence-corrected chi connectivity index (χ1v) is 2.15. The average Bonchev–Trinajstić information content (AvgIpc) is 1.84. The van der Waals surface area contributed by atoms with Crippen LogP contribution in [0, 0.1) is 0 Å². The van der Waals surface area contributed by atoms with Gasteiger partial charge in [-0.3, -0.25) is 9.59 Å². The van der Waals surface area contributed by atoms with E-state index in [2.05, 4.69) is 17.4 Å². The van der Waals surface area contributed by atoms with Crippen LogP contribution in [0.5, 0.6) is 0 Å². The van der Waals surface area contributed by atoms with Crippen molar-refractivity contribution in [2.24, 2.45) is 16.5 Å². The van der Waals surface area contributed by atoms with Crippen LogP contribution in [0.4, 0.5) is 0 Å². The summed E-state index contributed by atoms with van der Waals surface area (Å²) in [7, 11) is 0. The van der Waals surface area contributed by atoms with Crippen LogP contribution in [-0.4, -0.2) is 24.6 Å². The Balaban J connectivity index is 4.03. The van der Waals surface area contributed by atoms with E-state index in [0.29, 0.717) is 0 Å². The minimum atomic E-state index is -1.34. The number of hydrogen-bond acceptors (Lipinski definition) is 3. The van der Waals surface area contributed by atoms with Gasteiger partial charge >= 0.3 is 0 Å².